The molecule has 2 aromatic heterocycles. The average molecular weight is 661 g/mol. The Hall–Kier alpha value is -3.47. The van der Waals surface area contributed by atoms with E-state index in [2.05, 4.69) is 53.3 Å². The third-order valence-corrected chi connectivity index (χ3v) is 10.6. The summed E-state index contributed by atoms with van der Waals surface area (Å²) < 4.78 is 10.6. The van der Waals surface area contributed by atoms with Crippen LogP contribution in [0.25, 0.3) is 28.4 Å². The summed E-state index contributed by atoms with van der Waals surface area (Å²) in [6, 6.07) is -0.519. The van der Waals surface area contributed by atoms with Gasteiger partial charge in [0, 0.05) is 6.42 Å². The molecule has 6 atom stereocenters. The molecule has 1 N–H and O–H groups in total. The van der Waals surface area contributed by atoms with E-state index in [1.165, 1.54) is 12.7 Å². The van der Waals surface area contributed by atoms with Gasteiger partial charge in [-0.15, -0.1) is 27.8 Å². The fraction of sp³-hybridized carbons (Fsp3) is 0.474. The van der Waals surface area contributed by atoms with Crippen LogP contribution in [-0.4, -0.2) is 59.9 Å². The Labute approximate surface area is 298 Å². The molecule has 5 heterocycles. The number of hydrogen-bond acceptors (Lipinski definition) is 5. The minimum atomic E-state index is -1.14. The number of aliphatic hydroxyl groups is 1. The number of ether oxygens (including phenoxy) is 2. The summed E-state index contributed by atoms with van der Waals surface area (Å²) in [5.74, 6) is -1.90. The van der Waals surface area contributed by atoms with Gasteiger partial charge in [-0.2, -0.15) is 11.4 Å². The standard InChI is InChI=1S/C38H44N4O5.Mg/c1-9-14-47-31(43)13-12-24-20(6)27-15-25-18(4)22(10-2)29(39-25)16-26-19(5)23(11-3)30(40-26)17-28-21(7)32-36(42-28)33(35(24)41-27)34(37(32)44)38(45)46-8;/h9,15-17,20,22,24,34-35,37,44H,1,10-14H2,2-8H3;/q-4;+2/b27-15-,28-17-,29-16-;/t20-,22-,24-,34+,35?,37-;/m0./s1. The van der Waals surface area contributed by atoms with Crippen LogP contribution in [0.15, 0.2) is 41.4 Å². The zero-order valence-corrected chi connectivity index (χ0v) is 30.5. The monoisotopic (exact) mass is 660 g/mol. The van der Waals surface area contributed by atoms with Gasteiger partial charge < -0.3 is 35.2 Å². The summed E-state index contributed by atoms with van der Waals surface area (Å²) in [6.45, 7) is 16.4. The van der Waals surface area contributed by atoms with Crippen molar-refractivity contribution in [3.05, 3.63) is 96.4 Å². The zero-order valence-electron chi connectivity index (χ0n) is 29.1. The van der Waals surface area contributed by atoms with E-state index in [1.54, 1.807) is 6.08 Å². The van der Waals surface area contributed by atoms with E-state index in [9.17, 15) is 14.7 Å². The topological polar surface area (TPSA) is 129 Å². The van der Waals surface area contributed by atoms with E-state index >= 15 is 0 Å². The van der Waals surface area contributed by atoms with Crippen molar-refractivity contribution in [2.75, 3.05) is 13.7 Å². The molecule has 0 spiro atoms. The number of esters is 2. The predicted molar refractivity (Wildman–Crippen MR) is 187 cm³/mol. The molecule has 9 nitrogen and oxygen atoms in total. The number of nitrogens with zero attached hydrogens (tertiary/aromatic N) is 4. The van der Waals surface area contributed by atoms with Crippen LogP contribution in [0.5, 0.6) is 0 Å². The zero-order chi connectivity index (χ0) is 33.7. The fourth-order valence-electron chi connectivity index (χ4n) is 7.99. The third-order valence-electron chi connectivity index (χ3n) is 10.6. The first kappa shape index (κ1) is 35.8. The maximum Gasteiger partial charge on any atom is 2.00 e. The van der Waals surface area contributed by atoms with Crippen molar-refractivity contribution in [3.8, 4) is 0 Å². The average Bonchev–Trinajstić information content (AvgIpc) is 3.79. The normalized spacial score (nSPS) is 28.2. The molecular formula is C38H44MgN4O5-2. The Balaban J connectivity index is 0.00000451. The van der Waals surface area contributed by atoms with Crippen LogP contribution in [0.3, 0.4) is 0 Å². The number of carbonyl (C=O) groups excluding carboxylic acids is 2. The van der Waals surface area contributed by atoms with E-state index in [0.29, 0.717) is 28.3 Å². The Morgan fingerprint density at radius 3 is 2.46 bits per heavy atom. The molecular weight excluding hydrogens is 617 g/mol. The second-order valence-electron chi connectivity index (χ2n) is 13.1. The van der Waals surface area contributed by atoms with Gasteiger partial charge >= 0.3 is 35.0 Å². The van der Waals surface area contributed by atoms with Crippen molar-refractivity contribution in [3.63, 3.8) is 0 Å². The van der Waals surface area contributed by atoms with Crippen molar-refractivity contribution >= 4 is 52.7 Å². The molecule has 1 saturated heterocycles. The molecule has 250 valence electrons. The van der Waals surface area contributed by atoms with Gasteiger partial charge in [0.25, 0.3) is 0 Å². The van der Waals surface area contributed by atoms with Crippen molar-refractivity contribution < 1.29 is 24.2 Å². The van der Waals surface area contributed by atoms with Crippen LogP contribution in [0, 0.1) is 37.5 Å². The SMILES string of the molecule is C=CCOC(=O)CC[C@@H]1C2[N-]/C(=C\C3=C(C)[C@H](CC)/C(=C/c4[n-]c(c(CC)c4C)/C=c4\[n-]c5c(c4C)[C@H](O)[C@H](C(=O)OC)C=52)[N-]3)[C@H]1C.[Mg+2]. The summed E-state index contributed by atoms with van der Waals surface area (Å²) in [5.41, 5.74) is 9.95. The molecule has 0 amide bonds. The molecule has 3 aliphatic heterocycles. The van der Waals surface area contributed by atoms with Crippen molar-refractivity contribution in [2.45, 2.75) is 79.4 Å². The molecule has 1 unspecified atom stereocenters. The smallest absolute Gasteiger partial charge is 0.681 e. The Bertz CT molecular complexity index is 1860. The molecule has 8 bridgehead atoms. The minimum Gasteiger partial charge on any atom is -0.681 e. The number of aromatic nitrogens is 2. The van der Waals surface area contributed by atoms with Gasteiger partial charge in [-0.05, 0) is 63.4 Å². The molecule has 48 heavy (non-hydrogen) atoms. The Morgan fingerprint density at radius 1 is 1.04 bits per heavy atom. The number of hydrogen-bond donors (Lipinski definition) is 1. The quantitative estimate of drug-likeness (QED) is 0.248. The first-order chi connectivity index (χ1) is 22.5. The number of rotatable bonds is 8. The summed E-state index contributed by atoms with van der Waals surface area (Å²) in [6.07, 6.45) is 8.95. The molecule has 1 fully saturated rings. The number of carbonyl (C=O) groups is 2. The largest absolute Gasteiger partial charge is 2.00 e. The summed E-state index contributed by atoms with van der Waals surface area (Å²) in [7, 11) is 1.33. The molecule has 2 aromatic rings. The Morgan fingerprint density at radius 2 is 1.79 bits per heavy atom. The predicted octanol–water partition coefficient (Wildman–Crippen LogP) is 4.66. The summed E-state index contributed by atoms with van der Waals surface area (Å²) in [5, 5.41) is 23.5. The first-order valence-corrected chi connectivity index (χ1v) is 16.7. The van der Waals surface area contributed by atoms with Crippen LogP contribution in [0.1, 0.15) is 86.7 Å². The van der Waals surface area contributed by atoms with E-state index in [0.717, 1.165) is 58.0 Å². The number of aliphatic hydroxyl groups excluding tert-OH is 1. The summed E-state index contributed by atoms with van der Waals surface area (Å²) in [4.78, 5) is 36.3. The maximum atomic E-state index is 13.4. The molecule has 6 rings (SSSR count). The van der Waals surface area contributed by atoms with E-state index in [4.69, 9.17) is 30.1 Å². The molecule has 4 aliphatic rings. The van der Waals surface area contributed by atoms with E-state index in [-0.39, 0.29) is 59.8 Å². The maximum absolute atomic E-state index is 13.4. The molecule has 0 radical (unpaired) electrons. The van der Waals surface area contributed by atoms with Crippen LogP contribution in [0.2, 0.25) is 0 Å². The second kappa shape index (κ2) is 14.2. The van der Waals surface area contributed by atoms with Gasteiger partial charge in [0.05, 0.1) is 13.2 Å². The van der Waals surface area contributed by atoms with Gasteiger partial charge in [0.1, 0.15) is 12.5 Å². The van der Waals surface area contributed by atoms with E-state index < -0.39 is 24.0 Å². The van der Waals surface area contributed by atoms with Gasteiger partial charge in [-0.3, -0.25) is 9.59 Å². The Kier molecular flexibility index (Phi) is 10.6. The van der Waals surface area contributed by atoms with Gasteiger partial charge in [-0.25, -0.2) is 0 Å². The third kappa shape index (κ3) is 5.90. The van der Waals surface area contributed by atoms with Crippen LogP contribution < -0.4 is 20.7 Å². The minimum absolute atomic E-state index is 0. The van der Waals surface area contributed by atoms with Gasteiger partial charge in [-0.1, -0.05) is 85.5 Å². The molecule has 0 aromatic carbocycles. The fourth-order valence-corrected chi connectivity index (χ4v) is 7.99. The number of fused-ring (bicyclic) bond motifs is 8. The summed E-state index contributed by atoms with van der Waals surface area (Å²) >= 11 is 0. The molecule has 0 saturated carbocycles. The van der Waals surface area contributed by atoms with Gasteiger partial charge in [0.2, 0.25) is 0 Å². The van der Waals surface area contributed by atoms with Crippen LogP contribution in [-0.2, 0) is 25.5 Å². The molecule has 10 heteroatoms. The number of methoxy groups -OCH3 is 1. The van der Waals surface area contributed by atoms with Crippen LogP contribution in [0.4, 0.5) is 0 Å². The van der Waals surface area contributed by atoms with Gasteiger partial charge in [0.15, 0.2) is 0 Å². The van der Waals surface area contributed by atoms with Crippen molar-refractivity contribution in [1.29, 1.82) is 0 Å². The first-order valence-electron chi connectivity index (χ1n) is 16.7. The van der Waals surface area contributed by atoms with Crippen molar-refractivity contribution in [1.82, 2.24) is 9.97 Å². The van der Waals surface area contributed by atoms with Crippen LogP contribution >= 0.6 is 0 Å². The van der Waals surface area contributed by atoms with E-state index in [1.807, 2.05) is 13.0 Å². The molecule has 1 aliphatic carbocycles. The second-order valence-corrected chi connectivity index (χ2v) is 13.1. The number of allylic oxidation sites excluding steroid dienone is 3. The van der Waals surface area contributed by atoms with Crippen molar-refractivity contribution in [2.24, 2.45) is 23.7 Å².